The molecule has 3 nitrogen and oxygen atoms in total. The van der Waals surface area contributed by atoms with Gasteiger partial charge in [-0.1, -0.05) is 18.6 Å². The number of hydrogen-bond acceptors (Lipinski definition) is 3. The smallest absolute Gasteiger partial charge is 0.373 e. The Bertz CT molecular complexity index is 633. The molecule has 2 saturated heterocycles. The van der Waals surface area contributed by atoms with Crippen LogP contribution in [0.15, 0.2) is 36.5 Å². The van der Waals surface area contributed by atoms with E-state index in [-0.39, 0.29) is 11.3 Å². The van der Waals surface area contributed by atoms with Gasteiger partial charge in [-0.15, -0.1) is 0 Å². The predicted molar refractivity (Wildman–Crippen MR) is 94.9 cm³/mol. The molecule has 3 rings (SSSR count). The lowest BCUT2D eigenvalue weighted by atomic mass is 10.1. The van der Waals surface area contributed by atoms with E-state index in [9.17, 15) is 18.0 Å². The Morgan fingerprint density at radius 2 is 1.73 bits per heavy atom. The Hall–Kier alpha value is -1.82. The predicted octanol–water partition coefficient (Wildman–Crippen LogP) is 4.35. The van der Waals surface area contributed by atoms with Gasteiger partial charge in [0.1, 0.15) is 0 Å². The van der Waals surface area contributed by atoms with Crippen molar-refractivity contribution in [3.05, 3.63) is 47.7 Å². The summed E-state index contributed by atoms with van der Waals surface area (Å²) in [4.78, 5) is 17.0. The lowest BCUT2D eigenvalue weighted by Crippen LogP contribution is -2.40. The zero-order valence-corrected chi connectivity index (χ0v) is 14.8. The fourth-order valence-corrected chi connectivity index (χ4v) is 3.77. The van der Waals surface area contributed by atoms with Crippen LogP contribution in [0, 0.1) is 0 Å². The second-order valence-corrected chi connectivity index (χ2v) is 7.15. The lowest BCUT2D eigenvalue weighted by molar-refractivity contribution is -0.137. The second kappa shape index (κ2) is 8.25. The number of nitrogens with zero attached hydrogens (tertiary/aromatic N) is 2. The van der Waals surface area contributed by atoms with Gasteiger partial charge in [0.2, 0.25) is 0 Å². The standard InChI is InChI=1S/C20H25F3N2O/c21-20(22,23)17-8-6-16(7-9-17)19(26)10-14-25-13-4-5-18(25)15-24-11-2-1-3-12-24/h6-10,14,18H,1-5,11-13,15H2/b14-10+/t18-/m0/s1. The number of carbonyl (C=O) groups is 1. The summed E-state index contributed by atoms with van der Waals surface area (Å²) < 4.78 is 37.8. The summed E-state index contributed by atoms with van der Waals surface area (Å²) in [5.41, 5.74) is -0.458. The molecular weight excluding hydrogens is 341 g/mol. The Morgan fingerprint density at radius 1 is 1.04 bits per heavy atom. The van der Waals surface area contributed by atoms with E-state index >= 15 is 0 Å². The van der Waals surface area contributed by atoms with E-state index in [4.69, 9.17) is 0 Å². The van der Waals surface area contributed by atoms with E-state index < -0.39 is 11.7 Å². The van der Waals surface area contributed by atoms with Crippen LogP contribution in [0.3, 0.4) is 0 Å². The quantitative estimate of drug-likeness (QED) is 0.572. The Balaban J connectivity index is 1.58. The SMILES string of the molecule is O=C(/C=C/N1CCC[C@H]1CN1CCCCC1)c1ccc(C(F)(F)F)cc1. The maximum Gasteiger partial charge on any atom is 0.416 e. The highest BCUT2D eigenvalue weighted by Crippen LogP contribution is 2.29. The van der Waals surface area contributed by atoms with Gasteiger partial charge in [0.25, 0.3) is 0 Å². The molecular formula is C20H25F3N2O. The largest absolute Gasteiger partial charge is 0.416 e. The molecule has 0 saturated carbocycles. The van der Waals surface area contributed by atoms with Crippen molar-refractivity contribution in [3.63, 3.8) is 0 Å². The summed E-state index contributed by atoms with van der Waals surface area (Å²) >= 11 is 0. The molecule has 0 unspecified atom stereocenters. The average Bonchev–Trinajstić information content (AvgIpc) is 3.07. The summed E-state index contributed by atoms with van der Waals surface area (Å²) in [6, 6.07) is 4.81. The lowest BCUT2D eigenvalue weighted by Gasteiger charge is -2.32. The molecule has 0 aromatic heterocycles. The summed E-state index contributed by atoms with van der Waals surface area (Å²) in [5.74, 6) is -0.262. The van der Waals surface area contributed by atoms with Gasteiger partial charge < -0.3 is 9.80 Å². The van der Waals surface area contributed by atoms with Crippen molar-refractivity contribution >= 4 is 5.78 Å². The van der Waals surface area contributed by atoms with E-state index in [0.29, 0.717) is 6.04 Å². The van der Waals surface area contributed by atoms with Gasteiger partial charge in [0, 0.05) is 37.0 Å². The molecule has 0 aliphatic carbocycles. The highest BCUT2D eigenvalue weighted by Gasteiger charge is 2.30. The van der Waals surface area contributed by atoms with Gasteiger partial charge in [-0.25, -0.2) is 0 Å². The molecule has 26 heavy (non-hydrogen) atoms. The molecule has 0 spiro atoms. The number of halogens is 3. The van der Waals surface area contributed by atoms with Crippen LogP contribution in [0.25, 0.3) is 0 Å². The van der Waals surface area contributed by atoms with Crippen molar-refractivity contribution < 1.29 is 18.0 Å². The van der Waals surface area contributed by atoms with Crippen molar-refractivity contribution in [2.24, 2.45) is 0 Å². The van der Waals surface area contributed by atoms with Gasteiger partial charge in [0.05, 0.1) is 5.56 Å². The monoisotopic (exact) mass is 366 g/mol. The first-order valence-electron chi connectivity index (χ1n) is 9.31. The minimum atomic E-state index is -4.38. The van der Waals surface area contributed by atoms with Crippen molar-refractivity contribution in [1.82, 2.24) is 9.80 Å². The fraction of sp³-hybridized carbons (Fsp3) is 0.550. The Kier molecular flexibility index (Phi) is 6.01. The molecule has 142 valence electrons. The molecule has 2 fully saturated rings. The van der Waals surface area contributed by atoms with E-state index in [1.54, 1.807) is 0 Å². The molecule has 0 N–H and O–H groups in total. The molecule has 0 radical (unpaired) electrons. The van der Waals surface area contributed by atoms with E-state index in [0.717, 1.165) is 51.2 Å². The number of ketones is 1. The van der Waals surface area contributed by atoms with Gasteiger partial charge in [-0.2, -0.15) is 13.2 Å². The fourth-order valence-electron chi connectivity index (χ4n) is 3.77. The van der Waals surface area contributed by atoms with Gasteiger partial charge in [-0.3, -0.25) is 4.79 Å². The molecule has 0 bridgehead atoms. The van der Waals surface area contributed by atoms with Crippen LogP contribution in [0.1, 0.15) is 48.0 Å². The first kappa shape index (κ1) is 19.0. The zero-order valence-electron chi connectivity index (χ0n) is 14.8. The summed E-state index contributed by atoms with van der Waals surface area (Å²) in [6.07, 6.45) is 4.98. The summed E-state index contributed by atoms with van der Waals surface area (Å²) in [5, 5.41) is 0. The maximum absolute atomic E-state index is 12.6. The highest BCUT2D eigenvalue weighted by molar-refractivity contribution is 6.04. The van der Waals surface area contributed by atoms with Crippen LogP contribution in [-0.4, -0.2) is 47.8 Å². The summed E-state index contributed by atoms with van der Waals surface area (Å²) in [7, 11) is 0. The van der Waals surface area contributed by atoms with Crippen molar-refractivity contribution in [1.29, 1.82) is 0 Å². The number of benzene rings is 1. The molecule has 1 aromatic rings. The third-order valence-electron chi connectivity index (χ3n) is 5.25. The van der Waals surface area contributed by atoms with Gasteiger partial charge in [0.15, 0.2) is 5.78 Å². The summed E-state index contributed by atoms with van der Waals surface area (Å²) in [6.45, 7) is 4.26. The number of allylic oxidation sites excluding steroid dienone is 1. The van der Waals surface area contributed by atoms with Crippen LogP contribution in [0.2, 0.25) is 0 Å². The normalized spacial score (nSPS) is 22.3. The minimum Gasteiger partial charge on any atom is -0.373 e. The van der Waals surface area contributed by atoms with Crippen LogP contribution in [-0.2, 0) is 6.18 Å². The molecule has 1 atom stereocenters. The number of carbonyl (C=O) groups excluding carboxylic acids is 1. The Labute approximate surface area is 152 Å². The van der Waals surface area contributed by atoms with Crippen LogP contribution in [0.4, 0.5) is 13.2 Å². The highest BCUT2D eigenvalue weighted by atomic mass is 19.4. The van der Waals surface area contributed by atoms with Gasteiger partial charge in [-0.05, 0) is 50.9 Å². The minimum absolute atomic E-state index is 0.262. The van der Waals surface area contributed by atoms with E-state index in [2.05, 4.69) is 9.80 Å². The molecule has 2 aliphatic rings. The number of rotatable bonds is 5. The zero-order chi connectivity index (χ0) is 18.6. The Morgan fingerprint density at radius 3 is 2.38 bits per heavy atom. The number of hydrogen-bond donors (Lipinski definition) is 0. The molecule has 2 heterocycles. The number of alkyl halides is 3. The van der Waals surface area contributed by atoms with Crippen molar-refractivity contribution in [3.8, 4) is 0 Å². The van der Waals surface area contributed by atoms with Gasteiger partial charge >= 0.3 is 6.18 Å². The number of piperidine rings is 1. The third kappa shape index (κ3) is 4.87. The van der Waals surface area contributed by atoms with Crippen LogP contribution < -0.4 is 0 Å². The topological polar surface area (TPSA) is 23.6 Å². The average molecular weight is 366 g/mol. The molecule has 0 amide bonds. The number of likely N-dealkylation sites (tertiary alicyclic amines) is 2. The first-order valence-corrected chi connectivity index (χ1v) is 9.31. The molecule has 6 heteroatoms. The van der Waals surface area contributed by atoms with Crippen LogP contribution >= 0.6 is 0 Å². The van der Waals surface area contributed by atoms with Crippen molar-refractivity contribution in [2.45, 2.75) is 44.3 Å². The maximum atomic E-state index is 12.6. The van der Waals surface area contributed by atoms with Crippen LogP contribution in [0.5, 0.6) is 0 Å². The second-order valence-electron chi connectivity index (χ2n) is 7.15. The molecule has 1 aromatic carbocycles. The first-order chi connectivity index (χ1) is 12.4. The third-order valence-corrected chi connectivity index (χ3v) is 5.25. The van der Waals surface area contributed by atoms with E-state index in [1.165, 1.54) is 37.5 Å². The van der Waals surface area contributed by atoms with E-state index in [1.807, 2.05) is 6.20 Å². The van der Waals surface area contributed by atoms with Crippen molar-refractivity contribution in [2.75, 3.05) is 26.2 Å². The molecule has 2 aliphatic heterocycles.